The summed E-state index contributed by atoms with van der Waals surface area (Å²) in [5.41, 5.74) is 0. The zero-order chi connectivity index (χ0) is 11.8. The highest BCUT2D eigenvalue weighted by Crippen LogP contribution is 2.47. The number of hydrogen-bond acceptors (Lipinski definition) is 1. The first-order valence-corrected chi connectivity index (χ1v) is 3.39. The molecule has 0 rings (SSSR count). The summed E-state index contributed by atoms with van der Waals surface area (Å²) in [6.45, 7) is -2.45. The fourth-order valence-electron chi connectivity index (χ4n) is 0.593. The Labute approximate surface area is 74.5 Å². The summed E-state index contributed by atoms with van der Waals surface area (Å²) < 4.78 is 85.5. The van der Waals surface area contributed by atoms with E-state index in [4.69, 9.17) is 5.11 Å². The number of rotatable bonds is 4. The van der Waals surface area contributed by atoms with Gasteiger partial charge in [0.15, 0.2) is 6.17 Å². The number of aliphatic hydroxyl groups is 1. The minimum absolute atomic E-state index is 0.0291. The maximum absolute atomic E-state index is 12.3. The van der Waals surface area contributed by atoms with Crippen LogP contribution in [0.5, 0.6) is 0 Å². The van der Waals surface area contributed by atoms with Crippen molar-refractivity contribution in [3.05, 3.63) is 0 Å². The second-order valence-corrected chi connectivity index (χ2v) is 2.68. The summed E-state index contributed by atoms with van der Waals surface area (Å²) in [6, 6.07) is 0. The molecule has 0 saturated heterocycles. The molecule has 0 spiro atoms. The van der Waals surface area contributed by atoms with E-state index in [-0.39, 0.29) is 6.92 Å². The largest absolute Gasteiger partial charge is 0.390 e. The van der Waals surface area contributed by atoms with Gasteiger partial charge in [-0.05, 0) is 6.92 Å². The predicted molar refractivity (Wildman–Crippen MR) is 32.5 cm³/mol. The maximum Gasteiger partial charge on any atom is 0.377 e. The van der Waals surface area contributed by atoms with Crippen LogP contribution in [0.1, 0.15) is 6.92 Å². The van der Waals surface area contributed by atoms with Gasteiger partial charge in [-0.2, -0.15) is 26.3 Å². The second kappa shape index (κ2) is 3.56. The summed E-state index contributed by atoms with van der Waals surface area (Å²) in [7, 11) is 0. The van der Waals surface area contributed by atoms with Gasteiger partial charge in [-0.15, -0.1) is 0 Å². The van der Waals surface area contributed by atoms with Gasteiger partial charge in [0.05, 0.1) is 0 Å². The fourth-order valence-corrected chi connectivity index (χ4v) is 0.593. The molecule has 0 bridgehead atoms. The van der Waals surface area contributed by atoms with Crippen LogP contribution in [0.2, 0.25) is 0 Å². The van der Waals surface area contributed by atoms with Crippen molar-refractivity contribution in [3.63, 3.8) is 0 Å². The molecule has 0 saturated carbocycles. The molecule has 0 aliphatic carbocycles. The van der Waals surface area contributed by atoms with Gasteiger partial charge < -0.3 is 5.11 Å². The molecule has 0 aliphatic heterocycles. The third kappa shape index (κ3) is 1.79. The monoisotopic (exact) mass is 228 g/mol. The van der Waals surface area contributed by atoms with Crippen LogP contribution in [-0.4, -0.2) is 35.7 Å². The van der Waals surface area contributed by atoms with E-state index >= 15 is 0 Å². The Balaban J connectivity index is 5.14. The van der Waals surface area contributed by atoms with Crippen LogP contribution < -0.4 is 0 Å². The van der Waals surface area contributed by atoms with Crippen molar-refractivity contribution in [3.8, 4) is 0 Å². The van der Waals surface area contributed by atoms with Crippen LogP contribution in [-0.2, 0) is 0 Å². The summed E-state index contributed by atoms with van der Waals surface area (Å²) in [4.78, 5) is 0. The zero-order valence-corrected chi connectivity index (χ0v) is 6.88. The number of aliphatic hydroxyl groups excluding tert-OH is 1. The van der Waals surface area contributed by atoms with Gasteiger partial charge in [0.25, 0.3) is 0 Å². The average molecular weight is 228 g/mol. The highest BCUT2D eigenvalue weighted by atomic mass is 19.3. The molecule has 0 aromatic rings. The van der Waals surface area contributed by atoms with Crippen LogP contribution in [0.15, 0.2) is 0 Å². The average Bonchev–Trinajstić information content (AvgIpc) is 2.03. The molecule has 0 fully saturated rings. The van der Waals surface area contributed by atoms with E-state index in [0.717, 1.165) is 0 Å². The first-order chi connectivity index (χ1) is 6.00. The van der Waals surface area contributed by atoms with Crippen molar-refractivity contribution in [1.82, 2.24) is 0 Å². The van der Waals surface area contributed by atoms with E-state index in [1.165, 1.54) is 0 Å². The van der Waals surface area contributed by atoms with E-state index in [0.29, 0.717) is 0 Å². The van der Waals surface area contributed by atoms with E-state index in [2.05, 4.69) is 0 Å². The molecule has 0 amide bonds. The second-order valence-electron chi connectivity index (χ2n) is 2.68. The molecule has 1 unspecified atom stereocenters. The molecule has 0 aromatic carbocycles. The van der Waals surface area contributed by atoms with Crippen LogP contribution >= 0.6 is 0 Å². The Morgan fingerprint density at radius 2 is 1.43 bits per heavy atom. The van der Waals surface area contributed by atoms with E-state index in [1.54, 1.807) is 0 Å². The fraction of sp³-hybridized carbons (Fsp3) is 1.00. The standard InChI is InChI=1S/C6H7F7O/c1-3(7)5(10,11)6(12,13)4(8,9)2-14/h3,14H,2H2,1H3. The summed E-state index contributed by atoms with van der Waals surface area (Å²) in [5, 5.41) is 7.79. The van der Waals surface area contributed by atoms with Gasteiger partial charge >= 0.3 is 17.8 Å². The van der Waals surface area contributed by atoms with Crippen LogP contribution in [0, 0.1) is 0 Å². The van der Waals surface area contributed by atoms with Crippen molar-refractivity contribution >= 4 is 0 Å². The quantitative estimate of drug-likeness (QED) is 0.731. The molecular formula is C6H7F7O. The lowest BCUT2D eigenvalue weighted by molar-refractivity contribution is -0.329. The van der Waals surface area contributed by atoms with Crippen LogP contribution in [0.25, 0.3) is 0 Å². The Morgan fingerprint density at radius 1 is 1.07 bits per heavy atom. The van der Waals surface area contributed by atoms with Gasteiger partial charge in [-0.3, -0.25) is 0 Å². The molecule has 14 heavy (non-hydrogen) atoms. The third-order valence-corrected chi connectivity index (χ3v) is 1.58. The molecule has 0 aromatic heterocycles. The first kappa shape index (κ1) is 13.5. The van der Waals surface area contributed by atoms with Crippen molar-refractivity contribution in [2.45, 2.75) is 30.9 Å². The number of halogens is 7. The zero-order valence-electron chi connectivity index (χ0n) is 6.88. The van der Waals surface area contributed by atoms with Crippen molar-refractivity contribution in [2.24, 2.45) is 0 Å². The predicted octanol–water partition coefficient (Wildman–Crippen LogP) is 2.24. The first-order valence-electron chi connectivity index (χ1n) is 3.39. The molecule has 1 atom stereocenters. The maximum atomic E-state index is 12.3. The van der Waals surface area contributed by atoms with Gasteiger partial charge in [0.1, 0.15) is 6.61 Å². The van der Waals surface area contributed by atoms with Gasteiger partial charge in [0, 0.05) is 0 Å². The molecule has 86 valence electrons. The van der Waals surface area contributed by atoms with Gasteiger partial charge in [0.2, 0.25) is 0 Å². The molecular weight excluding hydrogens is 221 g/mol. The molecule has 0 radical (unpaired) electrons. The summed E-state index contributed by atoms with van der Waals surface area (Å²) >= 11 is 0. The van der Waals surface area contributed by atoms with Gasteiger partial charge in [-0.25, -0.2) is 4.39 Å². The molecule has 8 heteroatoms. The number of hydrogen-bond donors (Lipinski definition) is 1. The Bertz CT molecular complexity index is 200. The third-order valence-electron chi connectivity index (χ3n) is 1.58. The molecule has 0 heterocycles. The van der Waals surface area contributed by atoms with Gasteiger partial charge in [-0.1, -0.05) is 0 Å². The van der Waals surface area contributed by atoms with Crippen LogP contribution in [0.4, 0.5) is 30.7 Å². The lowest BCUT2D eigenvalue weighted by atomic mass is 10.0. The highest BCUT2D eigenvalue weighted by molar-refractivity contribution is 4.98. The Hall–Kier alpha value is -0.530. The van der Waals surface area contributed by atoms with Crippen molar-refractivity contribution < 1.29 is 35.8 Å². The SMILES string of the molecule is CC(F)C(F)(F)C(F)(F)C(F)(F)CO. The normalized spacial score (nSPS) is 16.9. The van der Waals surface area contributed by atoms with E-state index < -0.39 is 30.5 Å². The highest BCUT2D eigenvalue weighted by Gasteiger charge is 2.73. The van der Waals surface area contributed by atoms with Crippen LogP contribution in [0.3, 0.4) is 0 Å². The lowest BCUT2D eigenvalue weighted by Gasteiger charge is -2.32. The topological polar surface area (TPSA) is 20.2 Å². The Kier molecular flexibility index (Phi) is 3.42. The molecule has 1 nitrogen and oxygen atoms in total. The van der Waals surface area contributed by atoms with Crippen molar-refractivity contribution in [1.29, 1.82) is 0 Å². The minimum Gasteiger partial charge on any atom is -0.390 e. The minimum atomic E-state index is -5.93. The summed E-state index contributed by atoms with van der Waals surface area (Å²) in [5.74, 6) is -16.8. The smallest absolute Gasteiger partial charge is 0.377 e. The lowest BCUT2D eigenvalue weighted by Crippen LogP contribution is -2.59. The molecule has 1 N–H and O–H groups in total. The van der Waals surface area contributed by atoms with Crippen molar-refractivity contribution in [2.75, 3.05) is 6.61 Å². The number of alkyl halides is 7. The molecule has 0 aliphatic rings. The van der Waals surface area contributed by atoms with E-state index in [1.807, 2.05) is 0 Å². The van der Waals surface area contributed by atoms with E-state index in [9.17, 15) is 30.7 Å². The Morgan fingerprint density at radius 3 is 1.64 bits per heavy atom. The summed E-state index contributed by atoms with van der Waals surface area (Å²) in [6.07, 6.45) is -3.45.